The van der Waals surface area contributed by atoms with Crippen LogP contribution in [0.5, 0.6) is 0 Å². The molecule has 2 rings (SSSR count). The molecular weight excluding hydrogens is 434 g/mol. The fourth-order valence-electron chi connectivity index (χ4n) is 2.68. The zero-order valence-electron chi connectivity index (χ0n) is 16.3. The summed E-state index contributed by atoms with van der Waals surface area (Å²) in [6.07, 6.45) is 0. The number of amides is 2. The Bertz CT molecular complexity index is 866. The molecule has 1 N–H and O–H groups in total. The monoisotopic (exact) mass is 456 g/mol. The van der Waals surface area contributed by atoms with Crippen molar-refractivity contribution in [3.05, 3.63) is 69.5 Å². The number of hydrogen-bond acceptors (Lipinski definition) is 3. The third-order valence-corrected chi connectivity index (χ3v) is 5.87. The first-order valence-corrected chi connectivity index (χ1v) is 11.1. The number of hydrogen-bond donors (Lipinski definition) is 1. The average Bonchev–Trinajstić information content (AvgIpc) is 2.68. The molecule has 0 unspecified atom stereocenters. The van der Waals surface area contributed by atoms with Gasteiger partial charge in [-0.05, 0) is 43.2 Å². The molecule has 0 aliphatic carbocycles. The van der Waals surface area contributed by atoms with Crippen molar-refractivity contribution in [3.8, 4) is 0 Å². The number of carbonyl (C=O) groups is 2. The number of benzene rings is 2. The highest BCUT2D eigenvalue weighted by molar-refractivity contribution is 7.99. The lowest BCUT2D eigenvalue weighted by molar-refractivity contribution is -0.138. The minimum absolute atomic E-state index is 0.114. The quantitative estimate of drug-likeness (QED) is 0.582. The third kappa shape index (κ3) is 6.91. The Morgan fingerprint density at radius 2 is 1.90 bits per heavy atom. The number of rotatable bonds is 9. The SMILES string of the molecule is CCNC(=O)[C@H](C)N(Cc1ccc(Cl)cc1Cl)C(=O)CSCc1ccccc1F. The molecule has 4 nitrogen and oxygen atoms in total. The molecule has 0 spiro atoms. The molecule has 8 heteroatoms. The Morgan fingerprint density at radius 3 is 2.55 bits per heavy atom. The van der Waals surface area contributed by atoms with Gasteiger partial charge in [-0.15, -0.1) is 11.8 Å². The summed E-state index contributed by atoms with van der Waals surface area (Å²) in [7, 11) is 0. The highest BCUT2D eigenvalue weighted by atomic mass is 35.5. The predicted molar refractivity (Wildman–Crippen MR) is 118 cm³/mol. The second-order valence-electron chi connectivity index (χ2n) is 6.41. The number of nitrogens with zero attached hydrogens (tertiary/aromatic N) is 1. The van der Waals surface area contributed by atoms with Crippen LogP contribution in [0.2, 0.25) is 10.0 Å². The number of thioether (sulfide) groups is 1. The molecule has 0 aliphatic rings. The van der Waals surface area contributed by atoms with Gasteiger partial charge in [-0.2, -0.15) is 0 Å². The van der Waals surface area contributed by atoms with E-state index in [0.29, 0.717) is 33.5 Å². The first kappa shape index (κ1) is 23.5. The summed E-state index contributed by atoms with van der Waals surface area (Å²) in [5, 5.41) is 3.66. The van der Waals surface area contributed by atoms with Crippen LogP contribution >= 0.6 is 35.0 Å². The first-order valence-electron chi connectivity index (χ1n) is 9.15. The Hall–Kier alpha value is -1.76. The molecule has 0 aliphatic heterocycles. The van der Waals surface area contributed by atoms with Crippen molar-refractivity contribution in [2.75, 3.05) is 12.3 Å². The van der Waals surface area contributed by atoms with Crippen LogP contribution in [0.15, 0.2) is 42.5 Å². The summed E-state index contributed by atoms with van der Waals surface area (Å²) in [5.74, 6) is -0.290. The van der Waals surface area contributed by atoms with Crippen molar-refractivity contribution < 1.29 is 14.0 Å². The van der Waals surface area contributed by atoms with Crippen LogP contribution in [-0.4, -0.2) is 35.1 Å². The first-order chi connectivity index (χ1) is 13.8. The van der Waals surface area contributed by atoms with Crippen molar-refractivity contribution in [1.29, 1.82) is 0 Å². The van der Waals surface area contributed by atoms with Gasteiger partial charge in [-0.1, -0.05) is 47.5 Å². The van der Waals surface area contributed by atoms with E-state index in [0.717, 1.165) is 0 Å². The second-order valence-corrected chi connectivity index (χ2v) is 8.24. The smallest absolute Gasteiger partial charge is 0.242 e. The van der Waals surface area contributed by atoms with E-state index in [4.69, 9.17) is 23.2 Å². The van der Waals surface area contributed by atoms with E-state index in [-0.39, 0.29) is 29.9 Å². The van der Waals surface area contributed by atoms with Gasteiger partial charge in [0.25, 0.3) is 0 Å². The van der Waals surface area contributed by atoms with Gasteiger partial charge >= 0.3 is 0 Å². The molecule has 0 aromatic heterocycles. The van der Waals surface area contributed by atoms with Gasteiger partial charge in [0.1, 0.15) is 11.9 Å². The molecule has 2 aromatic carbocycles. The summed E-state index contributed by atoms with van der Waals surface area (Å²) >= 11 is 13.5. The van der Waals surface area contributed by atoms with Crippen molar-refractivity contribution in [2.45, 2.75) is 32.2 Å². The third-order valence-electron chi connectivity index (χ3n) is 4.32. The Balaban J connectivity index is 2.11. The number of halogens is 3. The molecule has 0 bridgehead atoms. The largest absolute Gasteiger partial charge is 0.355 e. The van der Waals surface area contributed by atoms with Crippen LogP contribution in [-0.2, 0) is 21.9 Å². The molecule has 0 heterocycles. The van der Waals surface area contributed by atoms with Gasteiger partial charge in [-0.3, -0.25) is 9.59 Å². The summed E-state index contributed by atoms with van der Waals surface area (Å²) < 4.78 is 13.8. The van der Waals surface area contributed by atoms with Gasteiger partial charge in [0, 0.05) is 28.9 Å². The second kappa shape index (κ2) is 11.4. The average molecular weight is 457 g/mol. The molecule has 1 atom stereocenters. The standard InChI is InChI=1S/C21H23Cl2FN2O2S/c1-3-25-21(28)14(2)26(11-15-8-9-17(22)10-18(15)23)20(27)13-29-12-16-6-4-5-7-19(16)24/h4-10,14H,3,11-13H2,1-2H3,(H,25,28)/t14-/m0/s1. The fraction of sp³-hybridized carbons (Fsp3) is 0.333. The minimum atomic E-state index is -0.678. The van der Waals surface area contributed by atoms with E-state index < -0.39 is 6.04 Å². The lowest BCUT2D eigenvalue weighted by Gasteiger charge is -2.29. The van der Waals surface area contributed by atoms with Crippen LogP contribution in [0.3, 0.4) is 0 Å². The zero-order chi connectivity index (χ0) is 21.4. The molecule has 0 fully saturated rings. The van der Waals surface area contributed by atoms with Crippen molar-refractivity contribution in [3.63, 3.8) is 0 Å². The maximum absolute atomic E-state index is 13.8. The van der Waals surface area contributed by atoms with Crippen molar-refractivity contribution in [1.82, 2.24) is 10.2 Å². The number of carbonyl (C=O) groups excluding carboxylic acids is 2. The van der Waals surface area contributed by atoms with E-state index in [1.54, 1.807) is 43.3 Å². The zero-order valence-corrected chi connectivity index (χ0v) is 18.6. The fourth-order valence-corrected chi connectivity index (χ4v) is 4.05. The minimum Gasteiger partial charge on any atom is -0.355 e. The maximum atomic E-state index is 13.8. The van der Waals surface area contributed by atoms with Crippen LogP contribution in [0.25, 0.3) is 0 Å². The normalized spacial score (nSPS) is 11.8. The Labute approximate surface area is 184 Å². The van der Waals surface area contributed by atoms with Gasteiger partial charge in [-0.25, -0.2) is 4.39 Å². The van der Waals surface area contributed by atoms with Crippen LogP contribution in [0.1, 0.15) is 25.0 Å². The topological polar surface area (TPSA) is 49.4 Å². The van der Waals surface area contributed by atoms with Gasteiger partial charge < -0.3 is 10.2 Å². The lowest BCUT2D eigenvalue weighted by Crippen LogP contribution is -2.48. The Kier molecular flexibility index (Phi) is 9.27. The summed E-state index contributed by atoms with van der Waals surface area (Å²) in [4.78, 5) is 26.7. The van der Waals surface area contributed by atoms with Crippen molar-refractivity contribution >= 4 is 46.8 Å². The van der Waals surface area contributed by atoms with Gasteiger partial charge in [0.05, 0.1) is 5.75 Å². The van der Waals surface area contributed by atoms with E-state index >= 15 is 0 Å². The highest BCUT2D eigenvalue weighted by Crippen LogP contribution is 2.24. The number of nitrogens with one attached hydrogen (secondary N) is 1. The molecule has 2 aromatic rings. The molecule has 0 radical (unpaired) electrons. The van der Waals surface area contributed by atoms with Crippen molar-refractivity contribution in [2.24, 2.45) is 0 Å². The molecule has 0 saturated carbocycles. The molecular formula is C21H23Cl2FN2O2S. The van der Waals surface area contributed by atoms with Gasteiger partial charge in [0.15, 0.2) is 0 Å². The van der Waals surface area contributed by atoms with Crippen LogP contribution in [0.4, 0.5) is 4.39 Å². The van der Waals surface area contributed by atoms with Gasteiger partial charge in [0.2, 0.25) is 11.8 Å². The summed E-state index contributed by atoms with van der Waals surface area (Å²) in [5.41, 5.74) is 1.23. The molecule has 156 valence electrons. The van der Waals surface area contributed by atoms with E-state index in [2.05, 4.69) is 5.32 Å². The molecule has 0 saturated heterocycles. The molecule has 2 amide bonds. The predicted octanol–water partition coefficient (Wildman–Crippen LogP) is 4.92. The van der Waals surface area contributed by atoms with Crippen LogP contribution < -0.4 is 5.32 Å². The summed E-state index contributed by atoms with van der Waals surface area (Å²) in [6, 6.07) is 10.8. The molecule has 29 heavy (non-hydrogen) atoms. The number of likely N-dealkylation sites (N-methyl/N-ethyl adjacent to an activating group) is 1. The van der Waals surface area contributed by atoms with Crippen LogP contribution in [0, 0.1) is 5.82 Å². The lowest BCUT2D eigenvalue weighted by atomic mass is 10.1. The highest BCUT2D eigenvalue weighted by Gasteiger charge is 2.26. The summed E-state index contributed by atoms with van der Waals surface area (Å²) in [6.45, 7) is 4.13. The van der Waals surface area contributed by atoms with E-state index in [1.807, 2.05) is 6.92 Å². The van der Waals surface area contributed by atoms with E-state index in [9.17, 15) is 14.0 Å². The maximum Gasteiger partial charge on any atom is 0.242 e. The Morgan fingerprint density at radius 1 is 1.17 bits per heavy atom. The van der Waals surface area contributed by atoms with E-state index in [1.165, 1.54) is 22.7 Å².